The first kappa shape index (κ1) is 8.92. The summed E-state index contributed by atoms with van der Waals surface area (Å²) in [5.74, 6) is 0. The Morgan fingerprint density at radius 3 is 2.22 bits per heavy atom. The number of aliphatic hydroxyl groups excluding tert-OH is 1. The third-order valence-corrected chi connectivity index (χ3v) is 1.23. The van der Waals surface area contributed by atoms with E-state index < -0.39 is 0 Å². The molecule has 0 unspecified atom stereocenters. The van der Waals surface area contributed by atoms with Crippen LogP contribution in [0.1, 0.15) is 33.1 Å². The Bertz CT molecular complexity index is 65.8. The van der Waals surface area contributed by atoms with Crippen molar-refractivity contribution >= 4 is 0 Å². The molecule has 0 rings (SSSR count). The molecule has 0 bridgehead atoms. The van der Waals surface area contributed by atoms with Crippen LogP contribution in [0.25, 0.3) is 0 Å². The molecule has 0 aliphatic carbocycles. The smallest absolute Gasteiger partial charge is 0.0431 e. The lowest BCUT2D eigenvalue weighted by atomic mass is 9.99. The number of rotatable bonds is 4. The number of hydrogen-bond donors (Lipinski definition) is 2. The maximum Gasteiger partial charge on any atom is 0.0431 e. The molecule has 0 aliphatic rings. The van der Waals surface area contributed by atoms with Gasteiger partial charge in [0.25, 0.3) is 0 Å². The first-order chi connectivity index (χ1) is 4.06. The lowest BCUT2D eigenvalue weighted by Gasteiger charge is -2.17. The zero-order valence-corrected chi connectivity index (χ0v) is 6.35. The summed E-state index contributed by atoms with van der Waals surface area (Å²) in [6.45, 7) is 4.30. The zero-order valence-electron chi connectivity index (χ0n) is 6.35. The van der Waals surface area contributed by atoms with E-state index in [1.54, 1.807) is 0 Å². The van der Waals surface area contributed by atoms with Gasteiger partial charge in [0.1, 0.15) is 0 Å². The molecule has 0 aromatic carbocycles. The van der Waals surface area contributed by atoms with E-state index in [1.807, 2.05) is 13.8 Å². The minimum atomic E-state index is -0.0603. The van der Waals surface area contributed by atoms with Crippen LogP contribution in [-0.2, 0) is 0 Å². The first-order valence-electron chi connectivity index (χ1n) is 3.46. The fourth-order valence-electron chi connectivity index (χ4n) is 0.692. The van der Waals surface area contributed by atoms with Crippen molar-refractivity contribution in [1.29, 1.82) is 0 Å². The molecule has 0 aliphatic heterocycles. The molecule has 2 heteroatoms. The maximum atomic E-state index is 8.42. The highest BCUT2D eigenvalue weighted by Gasteiger charge is 2.08. The van der Waals surface area contributed by atoms with Crippen LogP contribution in [0.2, 0.25) is 0 Å². The molecule has 0 aromatic heterocycles. The average molecular weight is 131 g/mol. The quantitative estimate of drug-likeness (QED) is 0.556. The van der Waals surface area contributed by atoms with Gasteiger partial charge in [-0.2, -0.15) is 0 Å². The normalized spacial score (nSPS) is 12.0. The first-order valence-corrected chi connectivity index (χ1v) is 3.46. The lowest BCUT2D eigenvalue weighted by Crippen LogP contribution is -2.31. The van der Waals surface area contributed by atoms with Gasteiger partial charge < -0.3 is 10.8 Å². The molecule has 0 atom stereocenters. The second-order valence-electron chi connectivity index (χ2n) is 3.17. The topological polar surface area (TPSA) is 46.2 Å². The largest absolute Gasteiger partial charge is 0.396 e. The predicted molar refractivity (Wildman–Crippen MR) is 39.2 cm³/mol. The second kappa shape index (κ2) is 3.85. The highest BCUT2D eigenvalue weighted by molar-refractivity contribution is 4.70. The molecular weight excluding hydrogens is 114 g/mol. The molecule has 0 radical (unpaired) electrons. The molecule has 0 aromatic rings. The summed E-state index contributed by atoms with van der Waals surface area (Å²) < 4.78 is 0. The lowest BCUT2D eigenvalue weighted by molar-refractivity contribution is 0.277. The molecule has 0 heterocycles. The summed E-state index contributed by atoms with van der Waals surface area (Å²) in [6.07, 6.45) is 2.90. The van der Waals surface area contributed by atoms with Gasteiger partial charge in [-0.3, -0.25) is 0 Å². The Morgan fingerprint density at radius 2 is 1.89 bits per heavy atom. The summed E-state index contributed by atoms with van der Waals surface area (Å²) in [7, 11) is 0. The Hall–Kier alpha value is -0.0800. The van der Waals surface area contributed by atoms with E-state index in [0.29, 0.717) is 0 Å². The Morgan fingerprint density at radius 1 is 1.33 bits per heavy atom. The molecule has 0 spiro atoms. The molecule has 0 saturated carbocycles. The third kappa shape index (κ3) is 7.92. The molecule has 0 amide bonds. The molecule has 9 heavy (non-hydrogen) atoms. The van der Waals surface area contributed by atoms with Gasteiger partial charge in [-0.25, -0.2) is 0 Å². The molecule has 0 fully saturated rings. The van der Waals surface area contributed by atoms with Gasteiger partial charge in [-0.05, 0) is 33.1 Å². The average Bonchev–Trinajstić information content (AvgIpc) is 1.63. The second-order valence-corrected chi connectivity index (χ2v) is 3.17. The minimum absolute atomic E-state index is 0.0603. The van der Waals surface area contributed by atoms with E-state index in [9.17, 15) is 0 Å². The maximum absolute atomic E-state index is 8.42. The van der Waals surface area contributed by atoms with Crippen LogP contribution in [0.5, 0.6) is 0 Å². The van der Waals surface area contributed by atoms with Gasteiger partial charge in [-0.1, -0.05) is 0 Å². The van der Waals surface area contributed by atoms with Crippen molar-refractivity contribution in [2.24, 2.45) is 5.73 Å². The van der Waals surface area contributed by atoms with Crippen LogP contribution in [0, 0.1) is 0 Å². The molecule has 56 valence electrons. The van der Waals surface area contributed by atoms with Crippen molar-refractivity contribution in [3.05, 3.63) is 0 Å². The monoisotopic (exact) mass is 131 g/mol. The van der Waals surface area contributed by atoms with Crippen LogP contribution >= 0.6 is 0 Å². The molecule has 2 nitrogen and oxygen atoms in total. The fourth-order valence-corrected chi connectivity index (χ4v) is 0.692. The van der Waals surface area contributed by atoms with Crippen molar-refractivity contribution < 1.29 is 5.11 Å². The summed E-state index contributed by atoms with van der Waals surface area (Å²) >= 11 is 0. The number of nitrogens with two attached hydrogens (primary N) is 1. The van der Waals surface area contributed by atoms with Crippen molar-refractivity contribution in [2.45, 2.75) is 38.6 Å². The van der Waals surface area contributed by atoms with E-state index >= 15 is 0 Å². The van der Waals surface area contributed by atoms with Crippen molar-refractivity contribution in [1.82, 2.24) is 0 Å². The van der Waals surface area contributed by atoms with Crippen LogP contribution in [0.15, 0.2) is 0 Å². The minimum Gasteiger partial charge on any atom is -0.396 e. The van der Waals surface area contributed by atoms with E-state index in [2.05, 4.69) is 0 Å². The number of hydrogen-bond acceptors (Lipinski definition) is 2. The van der Waals surface area contributed by atoms with Gasteiger partial charge in [0.2, 0.25) is 0 Å². The molecular formula is C7H17NO. The SMILES string of the molecule is CC(C)(N)CCCCO. The standard InChI is InChI=1S/C7H17NO/c1-7(2,8)5-3-4-6-9/h9H,3-6,8H2,1-2H3. The van der Waals surface area contributed by atoms with Gasteiger partial charge in [0.15, 0.2) is 0 Å². The Labute approximate surface area is 57.1 Å². The van der Waals surface area contributed by atoms with Crippen LogP contribution < -0.4 is 5.73 Å². The fraction of sp³-hybridized carbons (Fsp3) is 1.00. The van der Waals surface area contributed by atoms with Crippen molar-refractivity contribution in [3.8, 4) is 0 Å². The Balaban J connectivity index is 3.07. The van der Waals surface area contributed by atoms with Crippen molar-refractivity contribution in [3.63, 3.8) is 0 Å². The van der Waals surface area contributed by atoms with E-state index in [4.69, 9.17) is 10.8 Å². The van der Waals surface area contributed by atoms with Crippen molar-refractivity contribution in [2.75, 3.05) is 6.61 Å². The van der Waals surface area contributed by atoms with Gasteiger partial charge in [0.05, 0.1) is 0 Å². The van der Waals surface area contributed by atoms with E-state index in [0.717, 1.165) is 19.3 Å². The summed E-state index contributed by atoms with van der Waals surface area (Å²) in [5, 5.41) is 8.42. The van der Waals surface area contributed by atoms with Gasteiger partial charge in [-0.15, -0.1) is 0 Å². The highest BCUT2D eigenvalue weighted by atomic mass is 16.2. The van der Waals surface area contributed by atoms with E-state index in [1.165, 1.54) is 0 Å². The summed E-state index contributed by atoms with van der Waals surface area (Å²) in [4.78, 5) is 0. The van der Waals surface area contributed by atoms with Crippen LogP contribution in [0.4, 0.5) is 0 Å². The number of unbranched alkanes of at least 4 members (excludes halogenated alkanes) is 1. The van der Waals surface area contributed by atoms with Gasteiger partial charge >= 0.3 is 0 Å². The molecule has 0 saturated heterocycles. The Kier molecular flexibility index (Phi) is 3.82. The van der Waals surface area contributed by atoms with E-state index in [-0.39, 0.29) is 12.1 Å². The highest BCUT2D eigenvalue weighted by Crippen LogP contribution is 2.07. The van der Waals surface area contributed by atoms with Crippen LogP contribution in [-0.4, -0.2) is 17.3 Å². The van der Waals surface area contributed by atoms with Crippen LogP contribution in [0.3, 0.4) is 0 Å². The zero-order chi connectivity index (χ0) is 7.33. The predicted octanol–water partition coefficient (Wildman–Crippen LogP) is 0.886. The summed E-state index contributed by atoms with van der Waals surface area (Å²) in [6, 6.07) is 0. The van der Waals surface area contributed by atoms with Gasteiger partial charge in [0, 0.05) is 12.1 Å². The number of aliphatic hydroxyl groups is 1. The molecule has 3 N–H and O–H groups in total. The summed E-state index contributed by atoms with van der Waals surface area (Å²) in [5.41, 5.74) is 5.63. The third-order valence-electron chi connectivity index (χ3n) is 1.23.